The predicted octanol–water partition coefficient (Wildman–Crippen LogP) is 0.638. The molecule has 0 spiro atoms. The molecule has 0 heterocycles. The van der Waals surface area contributed by atoms with Gasteiger partial charge < -0.3 is 11.1 Å². The number of nitrogens with one attached hydrogen (secondary N) is 1. The molecule has 0 aromatic carbocycles. The van der Waals surface area contributed by atoms with Gasteiger partial charge in [-0.3, -0.25) is 4.79 Å². The van der Waals surface area contributed by atoms with Gasteiger partial charge in [0.1, 0.15) is 0 Å². The van der Waals surface area contributed by atoms with E-state index < -0.39 is 0 Å². The third-order valence-electron chi connectivity index (χ3n) is 2.52. The molecule has 1 saturated carbocycles. The first-order valence-corrected chi connectivity index (χ1v) is 4.54. The molecule has 1 rings (SSSR count). The topological polar surface area (TPSA) is 55.1 Å². The molecule has 0 radical (unpaired) electrons. The van der Waals surface area contributed by atoms with Crippen molar-refractivity contribution >= 4 is 5.91 Å². The first-order valence-electron chi connectivity index (χ1n) is 4.54. The van der Waals surface area contributed by atoms with Crippen molar-refractivity contribution in [3.63, 3.8) is 0 Å². The van der Waals surface area contributed by atoms with Gasteiger partial charge in [0.25, 0.3) is 0 Å². The predicted molar refractivity (Wildman–Crippen MR) is 48.6 cm³/mol. The molecule has 1 amide bonds. The monoisotopic (exact) mass is 170 g/mol. The van der Waals surface area contributed by atoms with Gasteiger partial charge in [0.15, 0.2) is 0 Å². The lowest BCUT2D eigenvalue weighted by Gasteiger charge is -2.24. The molecule has 2 unspecified atom stereocenters. The maximum Gasteiger partial charge on any atom is 0.225 e. The van der Waals surface area contributed by atoms with Crippen LogP contribution in [0, 0.1) is 5.92 Å². The van der Waals surface area contributed by atoms with E-state index >= 15 is 0 Å². The molecule has 1 aliphatic carbocycles. The van der Waals surface area contributed by atoms with Gasteiger partial charge in [0, 0.05) is 11.6 Å². The molecule has 3 nitrogen and oxygen atoms in total. The highest BCUT2D eigenvalue weighted by Crippen LogP contribution is 2.28. The second kappa shape index (κ2) is 3.05. The summed E-state index contributed by atoms with van der Waals surface area (Å²) in [7, 11) is 0. The molecule has 70 valence electrons. The first-order chi connectivity index (χ1) is 5.46. The summed E-state index contributed by atoms with van der Waals surface area (Å²) in [6.45, 7) is 6.12. The lowest BCUT2D eigenvalue weighted by atomic mass is 10.0. The van der Waals surface area contributed by atoms with Crippen LogP contribution in [0.3, 0.4) is 0 Å². The maximum absolute atomic E-state index is 11.4. The van der Waals surface area contributed by atoms with Gasteiger partial charge in [-0.1, -0.05) is 6.92 Å². The number of nitrogens with two attached hydrogens (primary N) is 1. The molecular weight excluding hydrogens is 152 g/mol. The van der Waals surface area contributed by atoms with Crippen molar-refractivity contribution in [2.24, 2.45) is 11.7 Å². The van der Waals surface area contributed by atoms with E-state index in [4.69, 9.17) is 5.73 Å². The van der Waals surface area contributed by atoms with Crippen LogP contribution in [0.25, 0.3) is 0 Å². The van der Waals surface area contributed by atoms with Gasteiger partial charge in [-0.05, 0) is 26.7 Å². The molecule has 3 heteroatoms. The summed E-state index contributed by atoms with van der Waals surface area (Å²) in [4.78, 5) is 11.4. The lowest BCUT2D eigenvalue weighted by Crippen LogP contribution is -2.44. The number of carbonyl (C=O) groups is 1. The Kier molecular flexibility index (Phi) is 2.42. The van der Waals surface area contributed by atoms with Crippen LogP contribution in [0.2, 0.25) is 0 Å². The van der Waals surface area contributed by atoms with Crippen LogP contribution in [-0.4, -0.2) is 17.5 Å². The van der Waals surface area contributed by atoms with Gasteiger partial charge in [0.05, 0.1) is 5.92 Å². The molecule has 0 aliphatic heterocycles. The molecular formula is C9H18N2O. The fourth-order valence-electron chi connectivity index (χ4n) is 1.03. The smallest absolute Gasteiger partial charge is 0.225 e. The molecule has 2 atom stereocenters. The summed E-state index contributed by atoms with van der Waals surface area (Å²) >= 11 is 0. The standard InChI is InChI=1S/C9H18N2O/c1-4-9(2,3)11-8(12)6-5-7(6)10/h6-7H,4-5,10H2,1-3H3,(H,11,12). The minimum Gasteiger partial charge on any atom is -0.351 e. The summed E-state index contributed by atoms with van der Waals surface area (Å²) in [6, 6.07) is 0.109. The molecule has 1 fully saturated rings. The van der Waals surface area contributed by atoms with E-state index in [0.717, 1.165) is 12.8 Å². The average Bonchev–Trinajstić information content (AvgIpc) is 2.66. The Bertz CT molecular complexity index is 189. The number of rotatable bonds is 3. The summed E-state index contributed by atoms with van der Waals surface area (Å²) in [5.41, 5.74) is 5.48. The van der Waals surface area contributed by atoms with E-state index in [1.165, 1.54) is 0 Å². The van der Waals surface area contributed by atoms with E-state index in [1.54, 1.807) is 0 Å². The van der Waals surface area contributed by atoms with Crippen molar-refractivity contribution in [3.05, 3.63) is 0 Å². The van der Waals surface area contributed by atoms with Crippen LogP contribution in [0.1, 0.15) is 33.6 Å². The van der Waals surface area contributed by atoms with Crippen LogP contribution >= 0.6 is 0 Å². The highest BCUT2D eigenvalue weighted by Gasteiger charge is 2.41. The first kappa shape index (κ1) is 9.52. The summed E-state index contributed by atoms with van der Waals surface area (Å²) in [5.74, 6) is 0.199. The summed E-state index contributed by atoms with van der Waals surface area (Å²) in [5, 5.41) is 2.98. The quantitative estimate of drug-likeness (QED) is 0.653. The van der Waals surface area contributed by atoms with Crippen LogP contribution < -0.4 is 11.1 Å². The molecule has 0 aromatic heterocycles. The summed E-state index contributed by atoms with van der Waals surface area (Å²) in [6.07, 6.45) is 1.80. The van der Waals surface area contributed by atoms with Crippen molar-refractivity contribution in [2.45, 2.75) is 45.2 Å². The Balaban J connectivity index is 2.36. The Morgan fingerprint density at radius 1 is 1.67 bits per heavy atom. The molecule has 0 aromatic rings. The van der Waals surface area contributed by atoms with Gasteiger partial charge in [-0.2, -0.15) is 0 Å². The minimum absolute atomic E-state index is 0.0795. The minimum atomic E-state index is -0.0839. The third kappa shape index (κ3) is 2.21. The van der Waals surface area contributed by atoms with Gasteiger partial charge in [-0.25, -0.2) is 0 Å². The van der Waals surface area contributed by atoms with E-state index in [1.807, 2.05) is 13.8 Å². The van der Waals surface area contributed by atoms with Gasteiger partial charge in [0.2, 0.25) is 5.91 Å². The zero-order chi connectivity index (χ0) is 9.35. The number of hydrogen-bond donors (Lipinski definition) is 2. The van der Waals surface area contributed by atoms with Crippen molar-refractivity contribution in [2.75, 3.05) is 0 Å². The SMILES string of the molecule is CCC(C)(C)NC(=O)C1CC1N. The van der Waals surface area contributed by atoms with Crippen molar-refractivity contribution in [1.29, 1.82) is 0 Å². The average molecular weight is 170 g/mol. The molecule has 3 N–H and O–H groups in total. The Labute approximate surface area is 73.7 Å². The Morgan fingerprint density at radius 3 is 2.50 bits per heavy atom. The van der Waals surface area contributed by atoms with Crippen LogP contribution in [0.5, 0.6) is 0 Å². The molecule has 12 heavy (non-hydrogen) atoms. The van der Waals surface area contributed by atoms with Crippen LogP contribution in [0.4, 0.5) is 0 Å². The number of amides is 1. The van der Waals surface area contributed by atoms with Crippen LogP contribution in [-0.2, 0) is 4.79 Å². The third-order valence-corrected chi connectivity index (χ3v) is 2.52. The molecule has 1 aliphatic rings. The van der Waals surface area contributed by atoms with Crippen molar-refractivity contribution < 1.29 is 4.79 Å². The van der Waals surface area contributed by atoms with Crippen LogP contribution in [0.15, 0.2) is 0 Å². The zero-order valence-corrected chi connectivity index (χ0v) is 8.05. The van der Waals surface area contributed by atoms with E-state index in [0.29, 0.717) is 0 Å². The maximum atomic E-state index is 11.4. The number of hydrogen-bond acceptors (Lipinski definition) is 2. The largest absolute Gasteiger partial charge is 0.351 e. The van der Waals surface area contributed by atoms with Crippen molar-refractivity contribution in [1.82, 2.24) is 5.32 Å². The Morgan fingerprint density at radius 2 is 2.17 bits per heavy atom. The fraction of sp³-hybridized carbons (Fsp3) is 0.889. The summed E-state index contributed by atoms with van der Waals surface area (Å²) < 4.78 is 0. The molecule has 0 bridgehead atoms. The number of carbonyl (C=O) groups excluding carboxylic acids is 1. The second-order valence-electron chi connectivity index (χ2n) is 4.23. The highest BCUT2D eigenvalue weighted by molar-refractivity contribution is 5.82. The normalized spacial score (nSPS) is 28.3. The van der Waals surface area contributed by atoms with E-state index in [9.17, 15) is 4.79 Å². The molecule has 0 saturated heterocycles. The Hall–Kier alpha value is -0.570. The van der Waals surface area contributed by atoms with E-state index in [-0.39, 0.29) is 23.4 Å². The highest BCUT2D eigenvalue weighted by atomic mass is 16.2. The zero-order valence-electron chi connectivity index (χ0n) is 8.05. The van der Waals surface area contributed by atoms with E-state index in [2.05, 4.69) is 12.2 Å². The fourth-order valence-corrected chi connectivity index (χ4v) is 1.03. The lowest BCUT2D eigenvalue weighted by molar-refractivity contribution is -0.124. The second-order valence-corrected chi connectivity index (χ2v) is 4.23. The van der Waals surface area contributed by atoms with Gasteiger partial charge in [-0.15, -0.1) is 0 Å². The van der Waals surface area contributed by atoms with Crippen molar-refractivity contribution in [3.8, 4) is 0 Å². The van der Waals surface area contributed by atoms with Gasteiger partial charge >= 0.3 is 0 Å².